The number of guanidine groups is 1. The molecule has 1 aromatic carbocycles. The van der Waals surface area contributed by atoms with Crippen LogP contribution < -0.4 is 14.8 Å². The van der Waals surface area contributed by atoms with Gasteiger partial charge in [-0.3, -0.25) is 0 Å². The smallest absolute Gasteiger partial charge is 0.194 e. The molecule has 2 aliphatic heterocycles. The lowest BCUT2D eigenvalue weighted by molar-refractivity contribution is -0.0817. The van der Waals surface area contributed by atoms with E-state index in [1.807, 2.05) is 18.2 Å². The minimum Gasteiger partial charge on any atom is -0.493 e. The summed E-state index contributed by atoms with van der Waals surface area (Å²) < 4.78 is 22.7. The van der Waals surface area contributed by atoms with Crippen molar-refractivity contribution in [1.82, 2.24) is 10.2 Å². The highest BCUT2D eigenvalue weighted by Gasteiger charge is 2.32. The highest BCUT2D eigenvalue weighted by atomic mass is 127. The van der Waals surface area contributed by atoms with Crippen LogP contribution in [0.5, 0.6) is 11.5 Å². The lowest BCUT2D eigenvalue weighted by Gasteiger charge is -2.37. The molecule has 2 fully saturated rings. The first-order valence-corrected chi connectivity index (χ1v) is 10.4. The number of nitrogens with one attached hydrogen (secondary N) is 1. The summed E-state index contributed by atoms with van der Waals surface area (Å²) in [5.41, 5.74) is 1.03. The summed E-state index contributed by atoms with van der Waals surface area (Å²) in [6.07, 6.45) is 2.46. The zero-order valence-corrected chi connectivity index (χ0v) is 20.2. The average Bonchev–Trinajstić information content (AvgIpc) is 3.30. The molecule has 0 amide bonds. The lowest BCUT2D eigenvalue weighted by Crippen LogP contribution is -2.53. The highest BCUT2D eigenvalue weighted by molar-refractivity contribution is 14.0. The Morgan fingerprint density at radius 2 is 2.10 bits per heavy atom. The van der Waals surface area contributed by atoms with E-state index in [1.165, 1.54) is 0 Å². The van der Waals surface area contributed by atoms with Crippen molar-refractivity contribution in [2.24, 2.45) is 4.99 Å². The topological polar surface area (TPSA) is 84.8 Å². The second-order valence-electron chi connectivity index (χ2n) is 7.13. The Morgan fingerprint density at radius 3 is 2.80 bits per heavy atom. The molecule has 1 aromatic rings. The fraction of sp³-hybridized carbons (Fsp3) is 0.667. The quantitative estimate of drug-likeness (QED) is 0.300. The maximum atomic E-state index is 8.94. The fourth-order valence-corrected chi connectivity index (χ4v) is 3.67. The Morgan fingerprint density at radius 1 is 1.27 bits per heavy atom. The third-order valence-corrected chi connectivity index (χ3v) is 5.10. The van der Waals surface area contributed by atoms with Crippen LogP contribution in [-0.4, -0.2) is 81.3 Å². The van der Waals surface area contributed by atoms with Crippen molar-refractivity contribution in [3.05, 3.63) is 23.8 Å². The van der Waals surface area contributed by atoms with Gasteiger partial charge in [0.2, 0.25) is 0 Å². The predicted octanol–water partition coefficient (Wildman–Crippen LogP) is 2.03. The molecule has 2 heterocycles. The molecule has 2 saturated heterocycles. The summed E-state index contributed by atoms with van der Waals surface area (Å²) in [7, 11) is 1.61. The molecule has 2 N–H and O–H groups in total. The van der Waals surface area contributed by atoms with E-state index in [4.69, 9.17) is 29.0 Å². The Labute approximate surface area is 195 Å². The van der Waals surface area contributed by atoms with Crippen LogP contribution in [-0.2, 0) is 16.0 Å². The average molecular weight is 535 g/mol. The summed E-state index contributed by atoms with van der Waals surface area (Å²) in [5.74, 6) is 2.15. The van der Waals surface area contributed by atoms with Gasteiger partial charge in [-0.15, -0.1) is 24.0 Å². The number of halogens is 1. The van der Waals surface area contributed by atoms with E-state index >= 15 is 0 Å². The lowest BCUT2D eigenvalue weighted by atomic mass is 10.1. The van der Waals surface area contributed by atoms with Gasteiger partial charge in [0.25, 0.3) is 0 Å². The van der Waals surface area contributed by atoms with Crippen molar-refractivity contribution in [2.45, 2.75) is 38.5 Å². The largest absolute Gasteiger partial charge is 0.493 e. The van der Waals surface area contributed by atoms with Gasteiger partial charge in [0, 0.05) is 26.2 Å². The molecule has 0 spiro atoms. The van der Waals surface area contributed by atoms with Crippen LogP contribution in [0.25, 0.3) is 0 Å². The number of methoxy groups -OCH3 is 1. The van der Waals surface area contributed by atoms with Crippen LogP contribution in [0.1, 0.15) is 25.3 Å². The standard InChI is InChI=1S/C21H33N3O5.HI/c1-3-22-21(24-8-11-28-20(15-24)17-5-4-10-27-17)23-14-16-6-7-18(29-12-9-25)19(13-16)26-2;/h6-7,13,17,20,25H,3-5,8-12,14-15H2,1-2H3,(H,22,23);1H. The summed E-state index contributed by atoms with van der Waals surface area (Å²) >= 11 is 0. The van der Waals surface area contributed by atoms with Gasteiger partial charge in [0.1, 0.15) is 12.7 Å². The van der Waals surface area contributed by atoms with E-state index in [0.29, 0.717) is 24.7 Å². The third-order valence-electron chi connectivity index (χ3n) is 5.10. The molecule has 9 heteroatoms. The van der Waals surface area contributed by atoms with Crippen molar-refractivity contribution in [3.63, 3.8) is 0 Å². The molecule has 2 unspecified atom stereocenters. The number of rotatable bonds is 8. The van der Waals surface area contributed by atoms with Gasteiger partial charge in [-0.05, 0) is 37.5 Å². The van der Waals surface area contributed by atoms with Crippen LogP contribution in [0, 0.1) is 0 Å². The first-order valence-electron chi connectivity index (χ1n) is 10.4. The molecule has 0 bridgehead atoms. The molecule has 0 radical (unpaired) electrons. The Hall–Kier alpha value is -1.30. The monoisotopic (exact) mass is 535 g/mol. The van der Waals surface area contributed by atoms with E-state index in [9.17, 15) is 0 Å². The number of aliphatic hydroxyl groups is 1. The summed E-state index contributed by atoms with van der Waals surface area (Å²) in [4.78, 5) is 7.09. The molecule has 2 aliphatic rings. The molecular formula is C21H34IN3O5. The minimum atomic E-state index is -0.0340. The van der Waals surface area contributed by atoms with Crippen molar-refractivity contribution < 1.29 is 24.1 Å². The second kappa shape index (κ2) is 13.2. The normalized spacial score (nSPS) is 21.8. The number of aliphatic hydroxyl groups excluding tert-OH is 1. The minimum absolute atomic E-state index is 0. The van der Waals surface area contributed by atoms with Crippen LogP contribution >= 0.6 is 24.0 Å². The van der Waals surface area contributed by atoms with E-state index < -0.39 is 0 Å². The zero-order chi connectivity index (χ0) is 20.5. The summed E-state index contributed by atoms with van der Waals surface area (Å²) in [5, 5.41) is 12.3. The Bertz CT molecular complexity index is 670. The van der Waals surface area contributed by atoms with Crippen molar-refractivity contribution >= 4 is 29.9 Å². The maximum Gasteiger partial charge on any atom is 0.194 e. The van der Waals surface area contributed by atoms with Gasteiger partial charge >= 0.3 is 0 Å². The van der Waals surface area contributed by atoms with E-state index in [2.05, 4.69) is 17.1 Å². The van der Waals surface area contributed by atoms with E-state index in [1.54, 1.807) is 7.11 Å². The van der Waals surface area contributed by atoms with Crippen molar-refractivity contribution in [1.29, 1.82) is 0 Å². The van der Waals surface area contributed by atoms with Crippen LogP contribution in [0.4, 0.5) is 0 Å². The van der Waals surface area contributed by atoms with Gasteiger partial charge < -0.3 is 34.3 Å². The van der Waals surface area contributed by atoms with Crippen LogP contribution in [0.2, 0.25) is 0 Å². The van der Waals surface area contributed by atoms with Crippen LogP contribution in [0.3, 0.4) is 0 Å². The van der Waals surface area contributed by atoms with Gasteiger partial charge in [0.15, 0.2) is 17.5 Å². The van der Waals surface area contributed by atoms with E-state index in [0.717, 1.165) is 50.6 Å². The number of nitrogens with zero attached hydrogens (tertiary/aromatic N) is 2. The zero-order valence-electron chi connectivity index (χ0n) is 17.8. The molecule has 0 saturated carbocycles. The maximum absolute atomic E-state index is 8.94. The fourth-order valence-electron chi connectivity index (χ4n) is 3.67. The van der Waals surface area contributed by atoms with Crippen molar-refractivity contribution in [2.75, 3.05) is 53.2 Å². The number of hydrogen-bond donors (Lipinski definition) is 2. The summed E-state index contributed by atoms with van der Waals surface area (Å²) in [6.45, 7) is 6.72. The Balaban J connectivity index is 0.00000320. The molecule has 3 rings (SSSR count). The summed E-state index contributed by atoms with van der Waals surface area (Å²) in [6, 6.07) is 5.75. The Kier molecular flexibility index (Phi) is 11.0. The third kappa shape index (κ3) is 6.86. The van der Waals surface area contributed by atoms with Crippen molar-refractivity contribution in [3.8, 4) is 11.5 Å². The number of aliphatic imine (C=N–C) groups is 1. The van der Waals surface area contributed by atoms with Gasteiger partial charge in [0.05, 0.1) is 33.0 Å². The second-order valence-corrected chi connectivity index (χ2v) is 7.13. The first-order chi connectivity index (χ1) is 14.2. The van der Waals surface area contributed by atoms with Gasteiger partial charge in [-0.1, -0.05) is 6.07 Å². The number of benzene rings is 1. The molecule has 30 heavy (non-hydrogen) atoms. The molecule has 170 valence electrons. The SMILES string of the molecule is CCNC(=NCc1ccc(OCCO)c(OC)c1)N1CCOC(C2CCCO2)C1.I. The molecule has 0 aromatic heterocycles. The molecule has 0 aliphatic carbocycles. The number of morpholine rings is 1. The van der Waals surface area contributed by atoms with E-state index in [-0.39, 0.29) is 49.4 Å². The molecule has 2 atom stereocenters. The van der Waals surface area contributed by atoms with Crippen LogP contribution in [0.15, 0.2) is 23.2 Å². The first kappa shape index (κ1) is 25.0. The number of hydrogen-bond acceptors (Lipinski definition) is 6. The van der Waals surface area contributed by atoms with Gasteiger partial charge in [-0.25, -0.2) is 4.99 Å². The van der Waals surface area contributed by atoms with Gasteiger partial charge in [-0.2, -0.15) is 0 Å². The molecule has 8 nitrogen and oxygen atoms in total. The predicted molar refractivity (Wildman–Crippen MR) is 126 cm³/mol. The molecular weight excluding hydrogens is 501 g/mol. The number of ether oxygens (including phenoxy) is 4. The highest BCUT2D eigenvalue weighted by Crippen LogP contribution is 2.28.